The molecule has 0 amide bonds. The summed E-state index contributed by atoms with van der Waals surface area (Å²) < 4.78 is 53.0. The van der Waals surface area contributed by atoms with Crippen LogP contribution in [0.2, 0.25) is 0 Å². The van der Waals surface area contributed by atoms with Crippen molar-refractivity contribution in [2.75, 3.05) is 10.6 Å². The highest BCUT2D eigenvalue weighted by atomic mass is 19.2. The van der Waals surface area contributed by atoms with Crippen LogP contribution < -0.4 is 10.6 Å². The van der Waals surface area contributed by atoms with Gasteiger partial charge >= 0.3 is 0 Å². The molecule has 0 bridgehead atoms. The summed E-state index contributed by atoms with van der Waals surface area (Å²) in [6, 6.07) is 14.0. The van der Waals surface area contributed by atoms with Gasteiger partial charge in [0.2, 0.25) is 0 Å². The SMILES string of the molecule is Fc1ccc(Nc2cc(-c3ccnc(Nc4ccc(F)c(F)c4)c3)ccn2)cc1F. The minimum Gasteiger partial charge on any atom is -0.340 e. The summed E-state index contributed by atoms with van der Waals surface area (Å²) >= 11 is 0. The quantitative estimate of drug-likeness (QED) is 0.386. The average molecular weight is 410 g/mol. The number of anilines is 4. The number of pyridine rings is 2. The lowest BCUT2D eigenvalue weighted by molar-refractivity contribution is 0.509. The van der Waals surface area contributed by atoms with E-state index in [1.807, 2.05) is 0 Å². The van der Waals surface area contributed by atoms with E-state index in [2.05, 4.69) is 20.6 Å². The third-order valence-corrected chi connectivity index (χ3v) is 4.24. The van der Waals surface area contributed by atoms with Crippen LogP contribution in [0.1, 0.15) is 0 Å². The molecule has 30 heavy (non-hydrogen) atoms. The van der Waals surface area contributed by atoms with E-state index < -0.39 is 23.3 Å². The Morgan fingerprint density at radius 3 is 1.33 bits per heavy atom. The average Bonchev–Trinajstić information content (AvgIpc) is 2.74. The van der Waals surface area contributed by atoms with Crippen LogP contribution in [0.15, 0.2) is 73.1 Å². The van der Waals surface area contributed by atoms with Gasteiger partial charge in [0.1, 0.15) is 11.6 Å². The van der Waals surface area contributed by atoms with Gasteiger partial charge in [0.15, 0.2) is 23.3 Å². The molecule has 0 spiro atoms. The van der Waals surface area contributed by atoms with Crippen LogP contribution in [0.3, 0.4) is 0 Å². The minimum absolute atomic E-state index is 0.356. The number of hydrogen-bond donors (Lipinski definition) is 2. The smallest absolute Gasteiger partial charge is 0.160 e. The highest BCUT2D eigenvalue weighted by Crippen LogP contribution is 2.26. The Bertz CT molecular complexity index is 1120. The first-order valence-corrected chi connectivity index (χ1v) is 8.84. The minimum atomic E-state index is -0.960. The van der Waals surface area contributed by atoms with E-state index >= 15 is 0 Å². The highest BCUT2D eigenvalue weighted by Gasteiger charge is 2.07. The van der Waals surface area contributed by atoms with Crippen molar-refractivity contribution in [3.05, 3.63) is 96.3 Å². The third kappa shape index (κ3) is 4.38. The van der Waals surface area contributed by atoms with Gasteiger partial charge in [-0.15, -0.1) is 0 Å². The first-order chi connectivity index (χ1) is 14.5. The van der Waals surface area contributed by atoms with E-state index in [4.69, 9.17) is 0 Å². The van der Waals surface area contributed by atoms with E-state index in [9.17, 15) is 17.6 Å². The van der Waals surface area contributed by atoms with Crippen LogP contribution in [0.25, 0.3) is 11.1 Å². The molecule has 0 unspecified atom stereocenters. The van der Waals surface area contributed by atoms with E-state index in [-0.39, 0.29) is 0 Å². The summed E-state index contributed by atoms with van der Waals surface area (Å²) in [6.07, 6.45) is 3.14. The van der Waals surface area contributed by atoms with Crippen LogP contribution in [-0.4, -0.2) is 9.97 Å². The summed E-state index contributed by atoms with van der Waals surface area (Å²) in [4.78, 5) is 8.37. The van der Waals surface area contributed by atoms with E-state index in [0.29, 0.717) is 23.0 Å². The fourth-order valence-electron chi connectivity index (χ4n) is 2.80. The third-order valence-electron chi connectivity index (χ3n) is 4.24. The second kappa shape index (κ2) is 8.20. The first-order valence-electron chi connectivity index (χ1n) is 8.84. The second-order valence-electron chi connectivity index (χ2n) is 6.37. The van der Waals surface area contributed by atoms with Gasteiger partial charge in [-0.05, 0) is 59.7 Å². The maximum atomic E-state index is 13.4. The van der Waals surface area contributed by atoms with Crippen molar-refractivity contribution in [1.29, 1.82) is 0 Å². The van der Waals surface area contributed by atoms with Crippen molar-refractivity contribution in [2.24, 2.45) is 0 Å². The highest BCUT2D eigenvalue weighted by molar-refractivity contribution is 5.71. The summed E-state index contributed by atoms with van der Waals surface area (Å²) in [6.45, 7) is 0. The molecule has 2 N–H and O–H groups in total. The number of halogens is 4. The lowest BCUT2D eigenvalue weighted by Crippen LogP contribution is -1.97. The molecule has 0 aliphatic carbocycles. The standard InChI is InChI=1S/C22H14F4N4/c23-17-3-1-15(11-19(17)25)29-21-9-13(5-7-27-21)14-6-8-28-22(10-14)30-16-2-4-18(24)20(26)12-16/h1-12H,(H,27,29)(H,28,30). The van der Waals surface area contributed by atoms with Gasteiger partial charge in [0, 0.05) is 35.9 Å². The fraction of sp³-hybridized carbons (Fsp3) is 0. The van der Waals surface area contributed by atoms with Gasteiger partial charge in [-0.2, -0.15) is 0 Å². The van der Waals surface area contributed by atoms with Crippen LogP contribution in [0.5, 0.6) is 0 Å². The predicted octanol–water partition coefficient (Wildman–Crippen LogP) is 6.19. The van der Waals surface area contributed by atoms with Gasteiger partial charge in [-0.25, -0.2) is 27.5 Å². The number of rotatable bonds is 5. The fourth-order valence-corrected chi connectivity index (χ4v) is 2.80. The number of hydrogen-bond acceptors (Lipinski definition) is 4. The van der Waals surface area contributed by atoms with Crippen molar-refractivity contribution in [3.8, 4) is 11.1 Å². The van der Waals surface area contributed by atoms with Crippen molar-refractivity contribution in [2.45, 2.75) is 0 Å². The maximum absolute atomic E-state index is 13.4. The van der Waals surface area contributed by atoms with Gasteiger partial charge < -0.3 is 10.6 Å². The Labute approximate surface area is 169 Å². The van der Waals surface area contributed by atoms with Gasteiger partial charge in [-0.1, -0.05) is 0 Å². The Morgan fingerprint density at radius 1 is 0.500 bits per heavy atom. The van der Waals surface area contributed by atoms with Gasteiger partial charge in [0.25, 0.3) is 0 Å². The van der Waals surface area contributed by atoms with Crippen molar-refractivity contribution < 1.29 is 17.6 Å². The molecule has 4 nitrogen and oxygen atoms in total. The molecular weight excluding hydrogens is 396 g/mol. The molecule has 0 radical (unpaired) electrons. The molecule has 0 aliphatic heterocycles. The Hall–Kier alpha value is -3.94. The molecule has 0 saturated carbocycles. The second-order valence-corrected chi connectivity index (χ2v) is 6.37. The van der Waals surface area contributed by atoms with E-state index in [1.165, 1.54) is 12.1 Å². The van der Waals surface area contributed by atoms with Crippen molar-refractivity contribution >= 4 is 23.0 Å². The molecule has 2 heterocycles. The molecule has 2 aromatic carbocycles. The number of benzene rings is 2. The van der Waals surface area contributed by atoms with Gasteiger partial charge in [-0.3, -0.25) is 0 Å². The normalized spacial score (nSPS) is 10.7. The molecule has 4 rings (SSSR count). The Kier molecular flexibility index (Phi) is 5.30. The maximum Gasteiger partial charge on any atom is 0.160 e. The zero-order chi connectivity index (χ0) is 21.1. The molecule has 150 valence electrons. The topological polar surface area (TPSA) is 49.8 Å². The molecule has 0 saturated heterocycles. The summed E-state index contributed by atoms with van der Waals surface area (Å²) in [5, 5.41) is 5.84. The van der Waals surface area contributed by atoms with Crippen LogP contribution in [0.4, 0.5) is 40.6 Å². The summed E-state index contributed by atoms with van der Waals surface area (Å²) in [7, 11) is 0. The lowest BCUT2D eigenvalue weighted by atomic mass is 10.1. The monoisotopic (exact) mass is 410 g/mol. The molecule has 8 heteroatoms. The molecule has 2 aromatic heterocycles. The summed E-state index contributed by atoms with van der Waals surface area (Å²) in [5.41, 5.74) is 2.28. The molecule has 0 fully saturated rings. The molecule has 0 aliphatic rings. The predicted molar refractivity (Wildman–Crippen MR) is 107 cm³/mol. The zero-order valence-electron chi connectivity index (χ0n) is 15.3. The van der Waals surface area contributed by atoms with E-state index in [0.717, 1.165) is 35.4 Å². The number of aromatic nitrogens is 2. The summed E-state index contributed by atoms with van der Waals surface area (Å²) in [5.74, 6) is -2.91. The molecule has 0 atom stereocenters. The molecular formula is C22H14F4N4. The lowest BCUT2D eigenvalue weighted by Gasteiger charge is -2.10. The van der Waals surface area contributed by atoms with E-state index in [1.54, 1.807) is 36.7 Å². The largest absolute Gasteiger partial charge is 0.340 e. The zero-order valence-corrected chi connectivity index (χ0v) is 15.3. The number of nitrogens with zero attached hydrogens (tertiary/aromatic N) is 2. The van der Waals surface area contributed by atoms with Crippen molar-refractivity contribution in [3.63, 3.8) is 0 Å². The Morgan fingerprint density at radius 2 is 0.933 bits per heavy atom. The van der Waals surface area contributed by atoms with Crippen molar-refractivity contribution in [1.82, 2.24) is 9.97 Å². The molecule has 4 aromatic rings. The van der Waals surface area contributed by atoms with Crippen LogP contribution in [0, 0.1) is 23.3 Å². The van der Waals surface area contributed by atoms with Gasteiger partial charge in [0.05, 0.1) is 0 Å². The first kappa shape index (κ1) is 19.4. The van der Waals surface area contributed by atoms with Crippen LogP contribution in [-0.2, 0) is 0 Å². The Balaban J connectivity index is 1.56. The van der Waals surface area contributed by atoms with Crippen LogP contribution >= 0.6 is 0 Å². The number of nitrogens with one attached hydrogen (secondary N) is 2.